The highest BCUT2D eigenvalue weighted by molar-refractivity contribution is 5.79. The number of carbonyl (C=O) groups excluding carboxylic acids is 2. The van der Waals surface area contributed by atoms with Crippen LogP contribution in [0.3, 0.4) is 0 Å². The van der Waals surface area contributed by atoms with E-state index >= 15 is 0 Å². The standard InChI is InChI=1S/C41H38N6O4/c48-40(50-26-30-10-3-1-4-11-30)46-22-8-7-14-36(46)38-42-32-20-18-28(24-34(32)44-38)16-17-29-19-21-33-35(25-29)45-39(43-33)37-15-9-23-47(37)41(49)51-27-31-12-5-2-6-13-31/h1-6,10-13,18-21,24-25,36-37H,7-9,14-15,22-23,26-27H2,(H,42,44)(H,43,45)/t36-,37-/m0/s1. The van der Waals surface area contributed by atoms with E-state index in [0.29, 0.717) is 13.1 Å². The third kappa shape index (κ3) is 7.15. The molecule has 2 aliphatic rings. The second kappa shape index (κ2) is 14.4. The van der Waals surface area contributed by atoms with Crippen molar-refractivity contribution in [3.05, 3.63) is 131 Å². The van der Waals surface area contributed by atoms with Gasteiger partial charge in [0.2, 0.25) is 0 Å². The number of aromatic nitrogens is 4. The summed E-state index contributed by atoms with van der Waals surface area (Å²) >= 11 is 0. The van der Waals surface area contributed by atoms with Gasteiger partial charge in [0.25, 0.3) is 0 Å². The molecule has 0 unspecified atom stereocenters. The van der Waals surface area contributed by atoms with Gasteiger partial charge in [-0.15, -0.1) is 0 Å². The van der Waals surface area contributed by atoms with Crippen LogP contribution in [0.4, 0.5) is 9.59 Å². The molecule has 10 heteroatoms. The van der Waals surface area contributed by atoms with Gasteiger partial charge in [-0.1, -0.05) is 72.5 Å². The van der Waals surface area contributed by atoms with Crippen LogP contribution in [0.25, 0.3) is 22.1 Å². The lowest BCUT2D eigenvalue weighted by Crippen LogP contribution is -2.39. The van der Waals surface area contributed by atoms with Crippen LogP contribution >= 0.6 is 0 Å². The highest BCUT2D eigenvalue weighted by Gasteiger charge is 2.34. The number of hydrogen-bond donors (Lipinski definition) is 2. The largest absolute Gasteiger partial charge is 0.445 e. The van der Waals surface area contributed by atoms with Crippen LogP contribution in [-0.4, -0.2) is 55.0 Å². The molecule has 0 bridgehead atoms. The Hall–Kier alpha value is -6.08. The third-order valence-electron chi connectivity index (χ3n) is 9.62. The lowest BCUT2D eigenvalue weighted by Gasteiger charge is -2.33. The van der Waals surface area contributed by atoms with Gasteiger partial charge in [0.05, 0.1) is 34.2 Å². The predicted molar refractivity (Wildman–Crippen MR) is 193 cm³/mol. The van der Waals surface area contributed by atoms with Gasteiger partial charge in [-0.3, -0.25) is 9.80 Å². The number of amides is 2. The Balaban J connectivity index is 0.946. The first-order valence-electron chi connectivity index (χ1n) is 17.5. The molecular weight excluding hydrogens is 640 g/mol. The Labute approximate surface area is 295 Å². The summed E-state index contributed by atoms with van der Waals surface area (Å²) < 4.78 is 11.3. The quantitative estimate of drug-likeness (QED) is 0.172. The molecule has 0 aliphatic carbocycles. The molecule has 0 saturated carbocycles. The summed E-state index contributed by atoms with van der Waals surface area (Å²) in [5.74, 6) is 8.09. The van der Waals surface area contributed by atoms with Gasteiger partial charge in [0.1, 0.15) is 24.9 Å². The zero-order valence-corrected chi connectivity index (χ0v) is 28.2. The Kier molecular flexibility index (Phi) is 9.08. The minimum Gasteiger partial charge on any atom is -0.445 e. The number of nitrogens with one attached hydrogen (secondary N) is 2. The molecule has 0 radical (unpaired) electrons. The van der Waals surface area contributed by atoms with Crippen LogP contribution in [0.15, 0.2) is 97.1 Å². The predicted octanol–water partition coefficient (Wildman–Crippen LogP) is 8.18. The van der Waals surface area contributed by atoms with E-state index in [1.165, 1.54) is 0 Å². The first-order chi connectivity index (χ1) is 25.1. The fraction of sp³-hybridized carbons (Fsp3) is 0.268. The van der Waals surface area contributed by atoms with Gasteiger partial charge in [-0.2, -0.15) is 0 Å². The van der Waals surface area contributed by atoms with Gasteiger partial charge in [-0.25, -0.2) is 19.6 Å². The third-order valence-corrected chi connectivity index (χ3v) is 9.62. The minimum absolute atomic E-state index is 0.165. The van der Waals surface area contributed by atoms with Gasteiger partial charge < -0.3 is 19.4 Å². The van der Waals surface area contributed by atoms with Gasteiger partial charge in [0, 0.05) is 24.2 Å². The molecule has 2 saturated heterocycles. The van der Waals surface area contributed by atoms with Crippen molar-refractivity contribution in [1.82, 2.24) is 29.7 Å². The molecule has 256 valence electrons. The summed E-state index contributed by atoms with van der Waals surface area (Å²) in [4.78, 5) is 46.3. The number of hydrogen-bond acceptors (Lipinski definition) is 6. The molecule has 2 N–H and O–H groups in total. The molecule has 4 heterocycles. The second-order valence-electron chi connectivity index (χ2n) is 13.1. The maximum absolute atomic E-state index is 13.1. The molecule has 2 aromatic heterocycles. The summed E-state index contributed by atoms with van der Waals surface area (Å²) in [6, 6.07) is 30.9. The summed E-state index contributed by atoms with van der Waals surface area (Å²) in [6.45, 7) is 1.75. The average Bonchev–Trinajstić information content (AvgIpc) is 3.94. The number of likely N-dealkylation sites (tertiary alicyclic amines) is 2. The molecule has 0 spiro atoms. The van der Waals surface area contributed by atoms with E-state index in [4.69, 9.17) is 19.4 Å². The van der Waals surface area contributed by atoms with E-state index < -0.39 is 0 Å². The first kappa shape index (κ1) is 32.1. The topological polar surface area (TPSA) is 116 Å². The van der Waals surface area contributed by atoms with Crippen molar-refractivity contribution in [2.24, 2.45) is 0 Å². The summed E-state index contributed by atoms with van der Waals surface area (Å²) in [5, 5.41) is 0. The number of imidazole rings is 2. The number of aromatic amines is 2. The molecule has 4 aromatic carbocycles. The zero-order chi connectivity index (χ0) is 34.6. The highest BCUT2D eigenvalue weighted by atomic mass is 16.6. The highest BCUT2D eigenvalue weighted by Crippen LogP contribution is 2.33. The minimum atomic E-state index is -0.327. The maximum Gasteiger partial charge on any atom is 0.410 e. The Morgan fingerprint density at radius 3 is 1.84 bits per heavy atom. The van der Waals surface area contributed by atoms with Crippen molar-refractivity contribution in [3.63, 3.8) is 0 Å². The van der Waals surface area contributed by atoms with Crippen LogP contribution < -0.4 is 0 Å². The van der Waals surface area contributed by atoms with E-state index in [9.17, 15) is 9.59 Å². The van der Waals surface area contributed by atoms with Crippen LogP contribution in [0, 0.1) is 11.8 Å². The maximum atomic E-state index is 13.1. The van der Waals surface area contributed by atoms with Crippen LogP contribution in [0.2, 0.25) is 0 Å². The van der Waals surface area contributed by atoms with Crippen molar-refractivity contribution < 1.29 is 19.1 Å². The monoisotopic (exact) mass is 678 g/mol. The number of fused-ring (bicyclic) bond motifs is 2. The van der Waals surface area contributed by atoms with Crippen molar-refractivity contribution in [3.8, 4) is 11.8 Å². The second-order valence-corrected chi connectivity index (χ2v) is 13.1. The molecule has 8 rings (SSSR count). The van der Waals surface area contributed by atoms with Crippen molar-refractivity contribution >= 4 is 34.3 Å². The number of piperidine rings is 1. The van der Waals surface area contributed by atoms with Crippen LogP contribution in [0.5, 0.6) is 0 Å². The van der Waals surface area contributed by atoms with E-state index in [1.54, 1.807) is 9.80 Å². The van der Waals surface area contributed by atoms with Crippen LogP contribution in [-0.2, 0) is 22.7 Å². The average molecular weight is 679 g/mol. The van der Waals surface area contributed by atoms with Crippen LogP contribution in [0.1, 0.15) is 78.1 Å². The van der Waals surface area contributed by atoms with Gasteiger partial charge in [-0.05, 0) is 79.6 Å². The first-order valence-corrected chi connectivity index (χ1v) is 17.5. The van der Waals surface area contributed by atoms with E-state index in [-0.39, 0.29) is 37.5 Å². The van der Waals surface area contributed by atoms with Crippen molar-refractivity contribution in [2.75, 3.05) is 13.1 Å². The lowest BCUT2D eigenvalue weighted by molar-refractivity contribution is 0.0661. The fourth-order valence-corrected chi connectivity index (χ4v) is 6.98. The molecule has 2 amide bonds. The Bertz CT molecular complexity index is 2240. The number of benzene rings is 4. The smallest absolute Gasteiger partial charge is 0.410 e. The molecule has 6 aromatic rings. The summed E-state index contributed by atoms with van der Waals surface area (Å²) in [5.41, 5.74) is 6.99. The Morgan fingerprint density at radius 1 is 0.627 bits per heavy atom. The molecule has 2 fully saturated rings. The van der Waals surface area contributed by atoms with E-state index in [0.717, 1.165) is 88.1 Å². The molecule has 2 atom stereocenters. The zero-order valence-electron chi connectivity index (χ0n) is 28.2. The lowest BCUT2D eigenvalue weighted by atomic mass is 10.0. The molecular formula is C41H38N6O4. The summed E-state index contributed by atoms with van der Waals surface area (Å²) in [6.07, 6.45) is 3.84. The summed E-state index contributed by atoms with van der Waals surface area (Å²) in [7, 11) is 0. The van der Waals surface area contributed by atoms with Gasteiger partial charge in [0.15, 0.2) is 0 Å². The van der Waals surface area contributed by atoms with Gasteiger partial charge >= 0.3 is 12.2 Å². The fourth-order valence-electron chi connectivity index (χ4n) is 6.98. The number of carbonyl (C=O) groups is 2. The SMILES string of the molecule is O=C(OCc1ccccc1)N1CCCC[C@H]1c1nc2cc(C#Cc3ccc4nc([C@@H]5CCCN5C(=O)OCc5ccccc5)[nH]c4c3)ccc2[nH]1. The Morgan fingerprint density at radius 2 is 1.18 bits per heavy atom. The van der Waals surface area contributed by atoms with E-state index in [2.05, 4.69) is 21.8 Å². The number of nitrogens with zero attached hydrogens (tertiary/aromatic N) is 4. The van der Waals surface area contributed by atoms with Crippen molar-refractivity contribution in [2.45, 2.75) is 57.4 Å². The molecule has 2 aliphatic heterocycles. The molecule has 51 heavy (non-hydrogen) atoms. The number of rotatable bonds is 6. The van der Waals surface area contributed by atoms with Crippen molar-refractivity contribution in [1.29, 1.82) is 0 Å². The van der Waals surface area contributed by atoms with E-state index in [1.807, 2.05) is 97.1 Å². The number of ether oxygens (including phenoxy) is 2. The normalized spacial score (nSPS) is 17.3. The molecule has 10 nitrogen and oxygen atoms in total. The number of H-pyrrole nitrogens is 2.